The van der Waals surface area contributed by atoms with Gasteiger partial charge in [0.2, 0.25) is 0 Å². The number of ether oxygens (including phenoxy) is 1. The van der Waals surface area contributed by atoms with Gasteiger partial charge in [0, 0.05) is 30.5 Å². The predicted octanol–water partition coefficient (Wildman–Crippen LogP) is 3.10. The average molecular weight is 311 g/mol. The van der Waals surface area contributed by atoms with Crippen molar-refractivity contribution in [2.75, 3.05) is 25.6 Å². The lowest BCUT2D eigenvalue weighted by atomic mass is 10.3. The third-order valence-corrected chi connectivity index (χ3v) is 4.96. The number of nitrogens with one attached hydrogen (secondary N) is 1. The highest BCUT2D eigenvalue weighted by molar-refractivity contribution is 7.15. The van der Waals surface area contributed by atoms with Gasteiger partial charge < -0.3 is 15.0 Å². The van der Waals surface area contributed by atoms with E-state index in [9.17, 15) is 0 Å². The zero-order chi connectivity index (χ0) is 14.4. The zero-order valence-corrected chi connectivity index (χ0v) is 13.8. The van der Waals surface area contributed by atoms with Crippen LogP contribution < -0.4 is 10.2 Å². The van der Waals surface area contributed by atoms with Crippen molar-refractivity contribution in [3.8, 4) is 0 Å². The highest BCUT2D eigenvalue weighted by atomic mass is 32.1. The second kappa shape index (κ2) is 7.73. The molecule has 0 spiro atoms. The van der Waals surface area contributed by atoms with Crippen LogP contribution in [0.25, 0.3) is 0 Å². The summed E-state index contributed by atoms with van der Waals surface area (Å²) in [6.07, 6.45) is 0. The lowest BCUT2D eigenvalue weighted by Crippen LogP contribution is -2.15. The lowest BCUT2D eigenvalue weighted by molar-refractivity contribution is 0.181. The van der Waals surface area contributed by atoms with E-state index in [1.54, 1.807) is 29.8 Å². The molecule has 2 heterocycles. The Hall–Kier alpha value is -0.950. The van der Waals surface area contributed by atoms with Crippen LogP contribution in [0, 0.1) is 0 Å². The molecule has 0 aliphatic heterocycles. The number of thiophene rings is 1. The number of nitrogens with zero attached hydrogens (tertiary/aromatic N) is 2. The maximum atomic E-state index is 5.25. The summed E-state index contributed by atoms with van der Waals surface area (Å²) in [5.41, 5.74) is 1.05. The number of hydrogen-bond donors (Lipinski definition) is 1. The Labute approximate surface area is 128 Å². The Balaban J connectivity index is 2.09. The molecule has 0 fully saturated rings. The Morgan fingerprint density at radius 1 is 1.45 bits per heavy atom. The van der Waals surface area contributed by atoms with Crippen LogP contribution in [0.1, 0.15) is 22.4 Å². The molecule has 2 aromatic heterocycles. The molecule has 0 atom stereocenters. The van der Waals surface area contributed by atoms with E-state index in [1.807, 2.05) is 0 Å². The van der Waals surface area contributed by atoms with Crippen molar-refractivity contribution in [2.24, 2.45) is 0 Å². The molecular weight excluding hydrogens is 290 g/mol. The third kappa shape index (κ3) is 4.02. The van der Waals surface area contributed by atoms with Gasteiger partial charge in [-0.3, -0.25) is 0 Å². The van der Waals surface area contributed by atoms with Gasteiger partial charge in [-0.25, -0.2) is 4.98 Å². The Bertz CT molecular complexity index is 510. The molecule has 4 nitrogen and oxygen atoms in total. The number of aromatic nitrogens is 1. The molecule has 0 amide bonds. The predicted molar refractivity (Wildman–Crippen MR) is 86.6 cm³/mol. The topological polar surface area (TPSA) is 37.4 Å². The minimum Gasteiger partial charge on any atom is -0.378 e. The zero-order valence-electron chi connectivity index (χ0n) is 12.2. The molecule has 6 heteroatoms. The molecule has 0 saturated carbocycles. The van der Waals surface area contributed by atoms with Gasteiger partial charge in [0.15, 0.2) is 5.13 Å². The van der Waals surface area contributed by atoms with Gasteiger partial charge >= 0.3 is 0 Å². The van der Waals surface area contributed by atoms with E-state index < -0.39 is 0 Å². The van der Waals surface area contributed by atoms with E-state index in [0.29, 0.717) is 6.61 Å². The molecule has 1 N–H and O–H groups in total. The number of rotatable bonds is 8. The van der Waals surface area contributed by atoms with Gasteiger partial charge in [-0.05, 0) is 18.0 Å². The van der Waals surface area contributed by atoms with Gasteiger partial charge in [0.25, 0.3) is 0 Å². The van der Waals surface area contributed by atoms with Gasteiger partial charge in [-0.15, -0.1) is 22.7 Å². The average Bonchev–Trinajstić information content (AvgIpc) is 3.07. The van der Waals surface area contributed by atoms with Gasteiger partial charge in [-0.2, -0.15) is 0 Å². The maximum Gasteiger partial charge on any atom is 0.185 e. The van der Waals surface area contributed by atoms with Crippen molar-refractivity contribution >= 4 is 27.8 Å². The van der Waals surface area contributed by atoms with Crippen LogP contribution in [0.3, 0.4) is 0 Å². The monoisotopic (exact) mass is 311 g/mol. The minimum atomic E-state index is 0.573. The van der Waals surface area contributed by atoms with Crippen LogP contribution in [0.5, 0.6) is 0 Å². The molecule has 0 aliphatic carbocycles. The van der Waals surface area contributed by atoms with Crippen LogP contribution in [0.15, 0.2) is 17.5 Å². The van der Waals surface area contributed by atoms with E-state index in [0.717, 1.165) is 30.5 Å². The molecule has 0 aromatic carbocycles. The summed E-state index contributed by atoms with van der Waals surface area (Å²) >= 11 is 3.53. The molecule has 0 aliphatic rings. The van der Waals surface area contributed by atoms with Gasteiger partial charge in [0.05, 0.1) is 18.8 Å². The molecule has 2 aromatic rings. The first-order valence-corrected chi connectivity index (χ1v) is 8.36. The lowest BCUT2D eigenvalue weighted by Gasteiger charge is -2.14. The summed E-state index contributed by atoms with van der Waals surface area (Å²) in [7, 11) is 3.80. The van der Waals surface area contributed by atoms with Crippen LogP contribution >= 0.6 is 22.7 Å². The van der Waals surface area contributed by atoms with Crippen LogP contribution in [-0.4, -0.2) is 25.7 Å². The summed E-state index contributed by atoms with van der Waals surface area (Å²) in [5, 5.41) is 6.52. The molecule has 2 rings (SSSR count). The van der Waals surface area contributed by atoms with Crippen molar-refractivity contribution in [3.63, 3.8) is 0 Å². The molecular formula is C14H21N3OS2. The standard InChI is InChI=1S/C14H21N3OS2/c1-4-15-8-13-12(10-18-3)16-14(20-13)17(2)9-11-6-5-7-19-11/h5-7,15H,4,8-10H2,1-3H3. The SMILES string of the molecule is CCNCc1sc(N(C)Cc2cccs2)nc1COC. The Kier molecular flexibility index (Phi) is 5.97. The van der Waals surface area contributed by atoms with E-state index in [1.165, 1.54) is 9.75 Å². The smallest absolute Gasteiger partial charge is 0.185 e. The fourth-order valence-corrected chi connectivity index (χ4v) is 3.61. The van der Waals surface area contributed by atoms with Crippen LogP contribution in [0.2, 0.25) is 0 Å². The summed E-state index contributed by atoms with van der Waals surface area (Å²) in [5.74, 6) is 0. The molecule has 0 saturated heterocycles. The number of anilines is 1. The summed E-state index contributed by atoms with van der Waals surface area (Å²) in [6, 6.07) is 4.24. The van der Waals surface area contributed by atoms with Gasteiger partial charge in [-0.1, -0.05) is 13.0 Å². The number of hydrogen-bond acceptors (Lipinski definition) is 6. The molecule has 0 radical (unpaired) electrons. The maximum absolute atomic E-state index is 5.25. The number of methoxy groups -OCH3 is 1. The van der Waals surface area contributed by atoms with Crippen molar-refractivity contribution in [1.82, 2.24) is 10.3 Å². The summed E-state index contributed by atoms with van der Waals surface area (Å²) < 4.78 is 5.25. The van der Waals surface area contributed by atoms with Crippen molar-refractivity contribution in [1.29, 1.82) is 0 Å². The first-order chi connectivity index (χ1) is 9.74. The highest BCUT2D eigenvalue weighted by Crippen LogP contribution is 2.27. The minimum absolute atomic E-state index is 0.573. The third-order valence-electron chi connectivity index (χ3n) is 2.88. The second-order valence-corrected chi connectivity index (χ2v) is 6.61. The Morgan fingerprint density at radius 2 is 2.30 bits per heavy atom. The fourth-order valence-electron chi connectivity index (χ4n) is 1.86. The molecule has 0 bridgehead atoms. The van der Waals surface area contributed by atoms with E-state index in [4.69, 9.17) is 9.72 Å². The first kappa shape index (κ1) is 15.4. The molecule has 20 heavy (non-hydrogen) atoms. The normalized spacial score (nSPS) is 10.9. The van der Waals surface area contributed by atoms with E-state index >= 15 is 0 Å². The molecule has 110 valence electrons. The van der Waals surface area contributed by atoms with E-state index in [2.05, 4.69) is 41.7 Å². The summed E-state index contributed by atoms with van der Waals surface area (Å²) in [4.78, 5) is 9.53. The van der Waals surface area contributed by atoms with Crippen LogP contribution in [0.4, 0.5) is 5.13 Å². The second-order valence-electron chi connectivity index (χ2n) is 4.52. The number of thiazole rings is 1. The summed E-state index contributed by atoms with van der Waals surface area (Å²) in [6.45, 7) is 5.41. The first-order valence-electron chi connectivity index (χ1n) is 6.66. The van der Waals surface area contributed by atoms with Crippen molar-refractivity contribution in [2.45, 2.75) is 26.6 Å². The largest absolute Gasteiger partial charge is 0.378 e. The highest BCUT2D eigenvalue weighted by Gasteiger charge is 2.14. The van der Waals surface area contributed by atoms with Crippen molar-refractivity contribution in [3.05, 3.63) is 33.0 Å². The van der Waals surface area contributed by atoms with E-state index in [-0.39, 0.29) is 0 Å². The Morgan fingerprint density at radius 3 is 2.95 bits per heavy atom. The van der Waals surface area contributed by atoms with Crippen LogP contribution in [-0.2, 0) is 24.4 Å². The fraction of sp³-hybridized carbons (Fsp3) is 0.500. The van der Waals surface area contributed by atoms with Crippen molar-refractivity contribution < 1.29 is 4.74 Å². The van der Waals surface area contributed by atoms with Gasteiger partial charge in [0.1, 0.15) is 0 Å². The quantitative estimate of drug-likeness (QED) is 0.813. The molecule has 0 unspecified atom stereocenters.